The Morgan fingerprint density at radius 1 is 1.00 bits per heavy atom. The van der Waals surface area contributed by atoms with E-state index >= 15 is 0 Å². The molecule has 11 heteroatoms. The molecule has 4 amide bonds. The number of hydrogen-bond acceptors (Lipinski definition) is 6. The molecule has 11 nitrogen and oxygen atoms in total. The lowest BCUT2D eigenvalue weighted by atomic mass is 9.98. The lowest BCUT2D eigenvalue weighted by Crippen LogP contribution is -2.76. The van der Waals surface area contributed by atoms with Gasteiger partial charge in [-0.2, -0.15) is 0 Å². The van der Waals surface area contributed by atoms with Crippen LogP contribution in [0.3, 0.4) is 0 Å². The van der Waals surface area contributed by atoms with Gasteiger partial charge < -0.3 is 24.4 Å². The highest BCUT2D eigenvalue weighted by Gasteiger charge is 2.51. The van der Waals surface area contributed by atoms with Crippen LogP contribution in [0.2, 0.25) is 0 Å². The molecule has 0 radical (unpaired) electrons. The fourth-order valence-corrected chi connectivity index (χ4v) is 7.37. The van der Waals surface area contributed by atoms with E-state index in [4.69, 9.17) is 4.74 Å². The first-order valence-corrected chi connectivity index (χ1v) is 18.0. The fourth-order valence-electron chi connectivity index (χ4n) is 7.37. The molecule has 0 saturated carbocycles. The summed E-state index contributed by atoms with van der Waals surface area (Å²) in [6.07, 6.45) is 3.93. The van der Waals surface area contributed by atoms with Crippen LogP contribution in [0.15, 0.2) is 91.6 Å². The Kier molecular flexibility index (Phi) is 11.1. The van der Waals surface area contributed by atoms with Crippen molar-refractivity contribution >= 4 is 34.5 Å². The molecule has 0 aliphatic carbocycles. The Bertz CT molecular complexity index is 1940. The van der Waals surface area contributed by atoms with Gasteiger partial charge in [0.15, 0.2) is 5.78 Å². The van der Waals surface area contributed by atoms with Crippen molar-refractivity contribution in [3.63, 3.8) is 0 Å². The molecule has 0 bridgehead atoms. The Labute approximate surface area is 305 Å². The normalized spacial score (nSPS) is 17.8. The number of carbonyl (C=O) groups is 4. The standard InChI is InChI=1S/C41H48N6O5/c1-6-20-43-25-35(29(5)48)34-15-11-14-32(39(34)43)24-44-26-37-46(36(40(44)50)22-30-16-18-33(19-17-30)52-28(3)4)38(49)27-45(21-7-2)47(37)41(51)42-23-31-12-9-8-10-13-31/h7-19,25,28,36-37H,2,6,20-24,26-27H2,1,3-5H3,(H,42,51). The summed E-state index contributed by atoms with van der Waals surface area (Å²) in [5.74, 6) is 0.261. The Morgan fingerprint density at radius 3 is 2.42 bits per heavy atom. The number of benzene rings is 3. The molecule has 52 heavy (non-hydrogen) atoms. The van der Waals surface area contributed by atoms with Gasteiger partial charge in [0, 0.05) is 49.7 Å². The van der Waals surface area contributed by atoms with Gasteiger partial charge in [0.05, 0.1) is 24.7 Å². The predicted molar refractivity (Wildman–Crippen MR) is 200 cm³/mol. The molecule has 1 N–H and O–H groups in total. The average molecular weight is 705 g/mol. The zero-order valence-corrected chi connectivity index (χ0v) is 30.5. The van der Waals surface area contributed by atoms with Gasteiger partial charge in [-0.3, -0.25) is 14.4 Å². The second-order valence-corrected chi connectivity index (χ2v) is 13.8. The smallest absolute Gasteiger partial charge is 0.334 e. The SMILES string of the molecule is C=CCN1CC(=O)N2C(Cc3ccc(OC(C)C)cc3)C(=O)N(Cc3cccc4c(C(C)=O)cn(CCC)c34)CC2N1C(=O)NCc1ccccc1. The number of ketones is 1. The Hall–Kier alpha value is -5.42. The van der Waals surface area contributed by atoms with Crippen molar-refractivity contribution in [1.82, 2.24) is 29.7 Å². The lowest BCUT2D eigenvalue weighted by molar-refractivity contribution is -0.189. The van der Waals surface area contributed by atoms with Crippen molar-refractivity contribution in [2.24, 2.45) is 0 Å². The highest BCUT2D eigenvalue weighted by atomic mass is 16.5. The number of nitrogens with one attached hydrogen (secondary N) is 1. The van der Waals surface area contributed by atoms with Gasteiger partial charge in [0.2, 0.25) is 11.8 Å². The van der Waals surface area contributed by atoms with Crippen LogP contribution in [-0.4, -0.2) is 86.0 Å². The van der Waals surface area contributed by atoms with E-state index in [0.717, 1.165) is 39.8 Å². The first-order valence-electron chi connectivity index (χ1n) is 18.0. The minimum absolute atomic E-state index is 0.0120. The Balaban J connectivity index is 1.40. The van der Waals surface area contributed by atoms with Crippen LogP contribution in [0.1, 0.15) is 61.2 Å². The first kappa shape index (κ1) is 36.4. The van der Waals surface area contributed by atoms with Crippen LogP contribution < -0.4 is 10.1 Å². The van der Waals surface area contributed by atoms with E-state index in [9.17, 15) is 19.2 Å². The highest BCUT2D eigenvalue weighted by Crippen LogP contribution is 2.32. The molecule has 0 spiro atoms. The number of rotatable bonds is 13. The van der Waals surface area contributed by atoms with Gasteiger partial charge in [-0.15, -0.1) is 6.58 Å². The van der Waals surface area contributed by atoms with E-state index in [2.05, 4.69) is 23.4 Å². The summed E-state index contributed by atoms with van der Waals surface area (Å²) in [7, 11) is 0. The molecular weight excluding hydrogens is 656 g/mol. The number of para-hydroxylation sites is 1. The summed E-state index contributed by atoms with van der Waals surface area (Å²) in [4.78, 5) is 59.0. The second-order valence-electron chi connectivity index (χ2n) is 13.8. The zero-order valence-electron chi connectivity index (χ0n) is 30.5. The summed E-state index contributed by atoms with van der Waals surface area (Å²) in [5, 5.41) is 7.18. The molecule has 2 saturated heterocycles. The zero-order chi connectivity index (χ0) is 36.9. The maximum absolute atomic E-state index is 14.7. The molecule has 6 rings (SSSR count). The molecule has 2 atom stereocenters. The van der Waals surface area contributed by atoms with Gasteiger partial charge in [-0.1, -0.05) is 73.7 Å². The number of Topliss-reactive ketones (excluding diaryl/α,β-unsaturated/α-hetero) is 1. The predicted octanol–water partition coefficient (Wildman–Crippen LogP) is 5.78. The lowest BCUT2D eigenvalue weighted by Gasteiger charge is -2.55. The quantitative estimate of drug-likeness (QED) is 0.140. The number of carbonyl (C=O) groups excluding carboxylic acids is 4. The third kappa shape index (κ3) is 7.60. The van der Waals surface area contributed by atoms with E-state index in [1.54, 1.807) is 32.8 Å². The second kappa shape index (κ2) is 15.9. The summed E-state index contributed by atoms with van der Waals surface area (Å²) in [6, 6.07) is 21.8. The summed E-state index contributed by atoms with van der Waals surface area (Å²) in [5.41, 5.74) is 4.24. The van der Waals surface area contributed by atoms with Crippen molar-refractivity contribution in [1.29, 1.82) is 0 Å². The molecule has 3 heterocycles. The maximum Gasteiger partial charge on any atom is 0.334 e. The Morgan fingerprint density at radius 2 is 1.75 bits per heavy atom. The van der Waals surface area contributed by atoms with Crippen LogP contribution >= 0.6 is 0 Å². The molecule has 3 aromatic carbocycles. The van der Waals surface area contributed by atoms with E-state index in [0.29, 0.717) is 18.7 Å². The number of ether oxygens (including phenoxy) is 1. The molecule has 272 valence electrons. The highest BCUT2D eigenvalue weighted by molar-refractivity contribution is 6.07. The van der Waals surface area contributed by atoms with Gasteiger partial charge in [0.1, 0.15) is 18.0 Å². The van der Waals surface area contributed by atoms with Crippen LogP contribution in [0, 0.1) is 0 Å². The third-order valence-electron chi connectivity index (χ3n) is 9.58. The first-order chi connectivity index (χ1) is 25.1. The monoisotopic (exact) mass is 704 g/mol. The number of amides is 4. The molecule has 2 aliphatic rings. The maximum atomic E-state index is 14.7. The number of hydrogen-bond donors (Lipinski definition) is 1. The minimum Gasteiger partial charge on any atom is -0.491 e. The molecule has 4 aromatic rings. The molecule has 1 aromatic heterocycles. The molecule has 2 unspecified atom stereocenters. The number of hydrazine groups is 1. The van der Waals surface area contributed by atoms with Gasteiger partial charge >= 0.3 is 6.03 Å². The summed E-state index contributed by atoms with van der Waals surface area (Å²) < 4.78 is 7.94. The average Bonchev–Trinajstić information content (AvgIpc) is 3.50. The topological polar surface area (TPSA) is 107 Å². The molecular formula is C41H48N6O5. The van der Waals surface area contributed by atoms with Gasteiger partial charge in [-0.05, 0) is 56.0 Å². The van der Waals surface area contributed by atoms with Gasteiger partial charge in [0.25, 0.3) is 0 Å². The van der Waals surface area contributed by atoms with Crippen LogP contribution in [0.4, 0.5) is 4.79 Å². The van der Waals surface area contributed by atoms with Crippen molar-refractivity contribution in [2.45, 2.75) is 78.5 Å². The summed E-state index contributed by atoms with van der Waals surface area (Å²) in [6.45, 7) is 13.0. The number of fused-ring (bicyclic) bond motifs is 2. The number of piperazine rings is 1. The molecule has 2 aliphatic heterocycles. The number of nitrogens with zero attached hydrogens (tertiary/aromatic N) is 5. The van der Waals surface area contributed by atoms with E-state index in [1.165, 1.54) is 0 Å². The van der Waals surface area contributed by atoms with Gasteiger partial charge in [-0.25, -0.2) is 14.8 Å². The number of urea groups is 1. The largest absolute Gasteiger partial charge is 0.491 e. The van der Waals surface area contributed by atoms with E-state index in [1.807, 2.05) is 92.8 Å². The molecule has 2 fully saturated rings. The third-order valence-corrected chi connectivity index (χ3v) is 9.58. The van der Waals surface area contributed by atoms with Crippen molar-refractivity contribution in [2.75, 3.05) is 19.6 Å². The van der Waals surface area contributed by atoms with Crippen LogP contribution in [0.25, 0.3) is 10.9 Å². The van der Waals surface area contributed by atoms with E-state index < -0.39 is 12.2 Å². The number of aryl methyl sites for hydroxylation is 1. The number of aromatic nitrogens is 1. The van der Waals surface area contributed by atoms with Crippen molar-refractivity contribution in [3.05, 3.63) is 114 Å². The van der Waals surface area contributed by atoms with Crippen molar-refractivity contribution < 1.29 is 23.9 Å². The minimum atomic E-state index is -0.868. The van der Waals surface area contributed by atoms with Crippen LogP contribution in [0.5, 0.6) is 5.75 Å². The van der Waals surface area contributed by atoms with Crippen LogP contribution in [-0.2, 0) is 35.6 Å². The van der Waals surface area contributed by atoms with E-state index in [-0.39, 0.29) is 62.3 Å². The van der Waals surface area contributed by atoms with Crippen molar-refractivity contribution in [3.8, 4) is 5.75 Å². The summed E-state index contributed by atoms with van der Waals surface area (Å²) >= 11 is 0. The fraction of sp³-hybridized carbons (Fsp3) is 0.366.